The van der Waals surface area contributed by atoms with Crippen molar-refractivity contribution in [3.8, 4) is 0 Å². The predicted octanol–water partition coefficient (Wildman–Crippen LogP) is 1.63. The molecule has 0 saturated heterocycles. The van der Waals surface area contributed by atoms with Crippen LogP contribution >= 0.6 is 0 Å². The van der Waals surface area contributed by atoms with Gasteiger partial charge in [-0.1, -0.05) is 19.1 Å². The van der Waals surface area contributed by atoms with E-state index in [1.807, 2.05) is 35.8 Å². The van der Waals surface area contributed by atoms with Crippen LogP contribution in [0, 0.1) is 0 Å². The molecule has 0 saturated carbocycles. The molecule has 6 heteroatoms. The summed E-state index contributed by atoms with van der Waals surface area (Å²) in [6.07, 6.45) is 2.43. The van der Waals surface area contributed by atoms with Gasteiger partial charge in [0.15, 0.2) is 0 Å². The monoisotopic (exact) mass is 316 g/mol. The SMILES string of the molecule is CCCNC(=O)Cn1c(CCCNC(C)=O)nc2ccccc21. The molecule has 23 heavy (non-hydrogen) atoms. The Balaban J connectivity index is 2.12. The fourth-order valence-corrected chi connectivity index (χ4v) is 2.47. The Morgan fingerprint density at radius 2 is 1.96 bits per heavy atom. The molecule has 1 aromatic carbocycles. The van der Waals surface area contributed by atoms with Crippen LogP contribution in [0.4, 0.5) is 0 Å². The average molecular weight is 316 g/mol. The maximum Gasteiger partial charge on any atom is 0.240 e. The van der Waals surface area contributed by atoms with Crippen molar-refractivity contribution >= 4 is 22.8 Å². The van der Waals surface area contributed by atoms with Crippen LogP contribution in [0.25, 0.3) is 11.0 Å². The molecule has 2 amide bonds. The van der Waals surface area contributed by atoms with E-state index in [-0.39, 0.29) is 18.4 Å². The molecule has 0 fully saturated rings. The van der Waals surface area contributed by atoms with Crippen LogP contribution < -0.4 is 10.6 Å². The van der Waals surface area contributed by atoms with Crippen molar-refractivity contribution in [2.45, 2.75) is 39.7 Å². The number of rotatable bonds is 8. The molecule has 6 nitrogen and oxygen atoms in total. The lowest BCUT2D eigenvalue weighted by Gasteiger charge is -2.10. The lowest BCUT2D eigenvalue weighted by molar-refractivity contribution is -0.121. The van der Waals surface area contributed by atoms with Gasteiger partial charge in [-0.2, -0.15) is 0 Å². The van der Waals surface area contributed by atoms with Crippen molar-refractivity contribution < 1.29 is 9.59 Å². The van der Waals surface area contributed by atoms with Crippen molar-refractivity contribution in [3.63, 3.8) is 0 Å². The topological polar surface area (TPSA) is 76.0 Å². The van der Waals surface area contributed by atoms with Crippen LogP contribution in [0.3, 0.4) is 0 Å². The molecule has 0 bridgehead atoms. The molecule has 124 valence electrons. The molecule has 1 aromatic heterocycles. The normalized spacial score (nSPS) is 10.7. The number of carbonyl (C=O) groups is 2. The van der Waals surface area contributed by atoms with Crippen LogP contribution in [-0.2, 0) is 22.6 Å². The van der Waals surface area contributed by atoms with Gasteiger partial charge in [0.1, 0.15) is 12.4 Å². The third-order valence-corrected chi connectivity index (χ3v) is 3.56. The number of nitrogens with one attached hydrogen (secondary N) is 2. The van der Waals surface area contributed by atoms with E-state index in [0.29, 0.717) is 13.1 Å². The van der Waals surface area contributed by atoms with Gasteiger partial charge in [0, 0.05) is 26.4 Å². The summed E-state index contributed by atoms with van der Waals surface area (Å²) in [5, 5.41) is 5.68. The summed E-state index contributed by atoms with van der Waals surface area (Å²) in [6, 6.07) is 7.82. The second-order valence-corrected chi connectivity index (χ2v) is 5.54. The second kappa shape index (κ2) is 8.31. The molecule has 2 N–H and O–H groups in total. The molecule has 0 aliphatic carbocycles. The number of carbonyl (C=O) groups excluding carboxylic acids is 2. The first-order valence-corrected chi connectivity index (χ1v) is 8.07. The molecular formula is C17H24N4O2. The van der Waals surface area contributed by atoms with Crippen molar-refractivity contribution in [3.05, 3.63) is 30.1 Å². The number of nitrogens with zero attached hydrogens (tertiary/aromatic N) is 2. The summed E-state index contributed by atoms with van der Waals surface area (Å²) in [7, 11) is 0. The van der Waals surface area contributed by atoms with Gasteiger partial charge in [-0.3, -0.25) is 9.59 Å². The van der Waals surface area contributed by atoms with E-state index in [2.05, 4.69) is 15.6 Å². The highest BCUT2D eigenvalue weighted by molar-refractivity contribution is 5.81. The molecule has 0 aliphatic rings. The van der Waals surface area contributed by atoms with Gasteiger partial charge >= 0.3 is 0 Å². The number of aromatic nitrogens is 2. The molecule has 2 aromatic rings. The average Bonchev–Trinajstić information content (AvgIpc) is 2.87. The molecule has 0 radical (unpaired) electrons. The summed E-state index contributed by atoms with van der Waals surface area (Å²) < 4.78 is 1.97. The Kier molecular flexibility index (Phi) is 6.14. The van der Waals surface area contributed by atoms with Gasteiger partial charge in [0.25, 0.3) is 0 Å². The second-order valence-electron chi connectivity index (χ2n) is 5.54. The fraction of sp³-hybridized carbons (Fsp3) is 0.471. The molecular weight excluding hydrogens is 292 g/mol. The summed E-state index contributed by atoms with van der Waals surface area (Å²) in [6.45, 7) is 5.10. The first-order chi connectivity index (χ1) is 11.1. The Bertz CT molecular complexity index is 678. The van der Waals surface area contributed by atoms with E-state index in [9.17, 15) is 9.59 Å². The smallest absolute Gasteiger partial charge is 0.240 e. The van der Waals surface area contributed by atoms with Crippen molar-refractivity contribution in [2.24, 2.45) is 0 Å². The largest absolute Gasteiger partial charge is 0.356 e. The van der Waals surface area contributed by atoms with Gasteiger partial charge in [0.2, 0.25) is 11.8 Å². The summed E-state index contributed by atoms with van der Waals surface area (Å²) in [4.78, 5) is 27.6. The lowest BCUT2D eigenvalue weighted by Crippen LogP contribution is -2.29. The zero-order valence-electron chi connectivity index (χ0n) is 13.8. The van der Waals surface area contributed by atoms with Crippen LogP contribution in [0.1, 0.15) is 32.5 Å². The third-order valence-electron chi connectivity index (χ3n) is 3.56. The highest BCUT2D eigenvalue weighted by Gasteiger charge is 2.13. The molecule has 1 heterocycles. The number of hydrogen-bond donors (Lipinski definition) is 2. The van der Waals surface area contributed by atoms with Gasteiger partial charge < -0.3 is 15.2 Å². The quantitative estimate of drug-likeness (QED) is 0.727. The van der Waals surface area contributed by atoms with Gasteiger partial charge in [-0.05, 0) is 25.0 Å². The van der Waals surface area contributed by atoms with Crippen LogP contribution in [0.15, 0.2) is 24.3 Å². The number of aryl methyl sites for hydroxylation is 1. The number of para-hydroxylation sites is 2. The maximum absolute atomic E-state index is 12.1. The molecule has 0 atom stereocenters. The zero-order chi connectivity index (χ0) is 16.7. The molecule has 0 unspecified atom stereocenters. The first-order valence-electron chi connectivity index (χ1n) is 8.07. The number of amides is 2. The van der Waals surface area contributed by atoms with E-state index in [1.165, 1.54) is 6.92 Å². The highest BCUT2D eigenvalue weighted by atomic mass is 16.2. The fourth-order valence-electron chi connectivity index (χ4n) is 2.47. The number of hydrogen-bond acceptors (Lipinski definition) is 3. The van der Waals surface area contributed by atoms with E-state index in [1.54, 1.807) is 0 Å². The minimum Gasteiger partial charge on any atom is -0.356 e. The van der Waals surface area contributed by atoms with Crippen molar-refractivity contribution in [1.29, 1.82) is 0 Å². The number of benzene rings is 1. The van der Waals surface area contributed by atoms with Crippen molar-refractivity contribution in [1.82, 2.24) is 20.2 Å². The Morgan fingerprint density at radius 1 is 1.17 bits per heavy atom. The zero-order valence-corrected chi connectivity index (χ0v) is 13.8. The lowest BCUT2D eigenvalue weighted by atomic mass is 10.3. The standard InChI is InChI=1S/C17H24N4O2/c1-3-10-19-17(23)12-21-15-8-5-4-7-14(15)20-16(21)9-6-11-18-13(2)22/h4-5,7-8H,3,6,9-12H2,1-2H3,(H,18,22)(H,19,23). The molecule has 0 spiro atoms. The van der Waals surface area contributed by atoms with Crippen LogP contribution in [-0.4, -0.2) is 34.5 Å². The summed E-state index contributed by atoms with van der Waals surface area (Å²) in [5.74, 6) is 0.846. The Labute approximate surface area is 136 Å². The van der Waals surface area contributed by atoms with Gasteiger partial charge in [-0.25, -0.2) is 4.98 Å². The van der Waals surface area contributed by atoms with Gasteiger partial charge in [-0.15, -0.1) is 0 Å². The van der Waals surface area contributed by atoms with E-state index in [0.717, 1.165) is 36.1 Å². The van der Waals surface area contributed by atoms with E-state index in [4.69, 9.17) is 0 Å². The highest BCUT2D eigenvalue weighted by Crippen LogP contribution is 2.17. The first kappa shape index (κ1) is 17.0. The molecule has 2 rings (SSSR count). The van der Waals surface area contributed by atoms with Gasteiger partial charge in [0.05, 0.1) is 11.0 Å². The number of imidazole rings is 1. The Hall–Kier alpha value is -2.37. The van der Waals surface area contributed by atoms with E-state index >= 15 is 0 Å². The minimum atomic E-state index is -0.0301. The molecule has 0 aliphatic heterocycles. The van der Waals surface area contributed by atoms with Crippen LogP contribution in [0.2, 0.25) is 0 Å². The maximum atomic E-state index is 12.1. The third kappa shape index (κ3) is 4.81. The predicted molar refractivity (Wildman–Crippen MR) is 90.0 cm³/mol. The number of fused-ring (bicyclic) bond motifs is 1. The Morgan fingerprint density at radius 3 is 2.70 bits per heavy atom. The van der Waals surface area contributed by atoms with E-state index < -0.39 is 0 Å². The summed E-state index contributed by atoms with van der Waals surface area (Å²) in [5.41, 5.74) is 1.86. The van der Waals surface area contributed by atoms with Crippen molar-refractivity contribution in [2.75, 3.05) is 13.1 Å². The summed E-state index contributed by atoms with van der Waals surface area (Å²) >= 11 is 0. The minimum absolute atomic E-state index is 0.00175. The van der Waals surface area contributed by atoms with Crippen LogP contribution in [0.5, 0.6) is 0 Å².